The summed E-state index contributed by atoms with van der Waals surface area (Å²) in [6, 6.07) is 17.0. The quantitative estimate of drug-likeness (QED) is 0.463. The normalized spacial score (nSPS) is 11.2. The Labute approximate surface area is 203 Å². The third-order valence-electron chi connectivity index (χ3n) is 5.04. The maximum absolute atomic E-state index is 13.0. The molecule has 0 saturated carbocycles. The van der Waals surface area contributed by atoms with Gasteiger partial charge < -0.3 is 14.8 Å². The second-order valence-corrected chi connectivity index (χ2v) is 9.71. The van der Waals surface area contributed by atoms with Crippen molar-refractivity contribution in [1.29, 1.82) is 0 Å². The third-order valence-corrected chi connectivity index (χ3v) is 7.11. The Morgan fingerprint density at radius 2 is 1.68 bits per heavy atom. The number of methoxy groups -OCH3 is 2. The minimum atomic E-state index is -3.81. The summed E-state index contributed by atoms with van der Waals surface area (Å²) in [4.78, 5) is 25.0. The van der Waals surface area contributed by atoms with E-state index in [-0.39, 0.29) is 22.6 Å². The number of hydrogen-bond donors (Lipinski definition) is 1. The summed E-state index contributed by atoms with van der Waals surface area (Å²) >= 11 is 5.86. The van der Waals surface area contributed by atoms with Gasteiger partial charge in [0.15, 0.2) is 0 Å². The lowest BCUT2D eigenvalue weighted by atomic mass is 10.1. The molecule has 0 spiro atoms. The minimum absolute atomic E-state index is 0.0476. The highest BCUT2D eigenvalue weighted by Gasteiger charge is 2.23. The number of hydrogen-bond acceptors (Lipinski definition) is 6. The molecule has 178 valence electrons. The fourth-order valence-electron chi connectivity index (χ4n) is 3.23. The van der Waals surface area contributed by atoms with Crippen molar-refractivity contribution in [3.05, 3.63) is 88.4 Å². The van der Waals surface area contributed by atoms with Gasteiger partial charge in [-0.15, -0.1) is 0 Å². The lowest BCUT2D eigenvalue weighted by Crippen LogP contribution is -2.27. The van der Waals surface area contributed by atoms with Crippen molar-refractivity contribution in [2.45, 2.75) is 11.4 Å². The second kappa shape index (κ2) is 10.7. The zero-order valence-corrected chi connectivity index (χ0v) is 20.3. The van der Waals surface area contributed by atoms with E-state index in [4.69, 9.17) is 21.1 Å². The first-order valence-corrected chi connectivity index (χ1v) is 11.9. The topological polar surface area (TPSA) is 102 Å². The van der Waals surface area contributed by atoms with E-state index < -0.39 is 21.9 Å². The van der Waals surface area contributed by atoms with E-state index in [1.165, 1.54) is 51.6 Å². The second-order valence-electron chi connectivity index (χ2n) is 7.23. The molecule has 0 heterocycles. The van der Waals surface area contributed by atoms with Crippen molar-refractivity contribution < 1.29 is 27.5 Å². The Morgan fingerprint density at radius 3 is 2.32 bits per heavy atom. The molecule has 3 aromatic rings. The lowest BCUT2D eigenvalue weighted by Gasteiger charge is -2.19. The Bertz CT molecular complexity index is 1310. The fraction of sp³-hybridized carbons (Fsp3) is 0.167. The number of nitrogens with one attached hydrogen (secondary N) is 1. The summed E-state index contributed by atoms with van der Waals surface area (Å²) in [7, 11) is 0.334. The van der Waals surface area contributed by atoms with Crippen LogP contribution in [-0.4, -0.2) is 45.9 Å². The molecule has 34 heavy (non-hydrogen) atoms. The molecule has 10 heteroatoms. The van der Waals surface area contributed by atoms with Crippen LogP contribution in [0.2, 0.25) is 5.02 Å². The van der Waals surface area contributed by atoms with Crippen LogP contribution in [0, 0.1) is 0 Å². The number of nitrogens with zero attached hydrogens (tertiary/aromatic N) is 1. The Morgan fingerprint density at radius 1 is 1.00 bits per heavy atom. The van der Waals surface area contributed by atoms with Gasteiger partial charge in [0.2, 0.25) is 10.0 Å². The average Bonchev–Trinajstić information content (AvgIpc) is 2.84. The molecule has 3 aromatic carbocycles. The summed E-state index contributed by atoms with van der Waals surface area (Å²) in [6.07, 6.45) is 0. The van der Waals surface area contributed by atoms with Crippen LogP contribution in [0.15, 0.2) is 71.6 Å². The number of carbonyl (C=O) groups is 2. The number of benzene rings is 3. The van der Waals surface area contributed by atoms with Crippen molar-refractivity contribution in [2.75, 3.05) is 26.6 Å². The van der Waals surface area contributed by atoms with E-state index in [9.17, 15) is 18.0 Å². The van der Waals surface area contributed by atoms with E-state index in [0.717, 1.165) is 4.31 Å². The van der Waals surface area contributed by atoms with Gasteiger partial charge in [-0.2, -0.15) is 4.31 Å². The van der Waals surface area contributed by atoms with Crippen LogP contribution in [-0.2, 0) is 21.3 Å². The highest BCUT2D eigenvalue weighted by atomic mass is 35.5. The first kappa shape index (κ1) is 25.2. The molecule has 0 aliphatic rings. The zero-order chi connectivity index (χ0) is 24.9. The van der Waals surface area contributed by atoms with Crippen LogP contribution in [0.5, 0.6) is 5.75 Å². The maximum atomic E-state index is 13.0. The number of ether oxygens (including phenoxy) is 2. The standard InChI is InChI=1S/C24H23ClN2O6S/c1-27(34(30,31)19-11-9-18(25)10-12-19)15-17-14-16(8-13-22(17)32-2)23(28)26-21-7-5-4-6-20(21)24(29)33-3/h4-14H,15H2,1-3H3,(H,26,28). The van der Waals surface area contributed by atoms with Gasteiger partial charge in [-0.3, -0.25) is 4.79 Å². The predicted molar refractivity (Wildman–Crippen MR) is 129 cm³/mol. The highest BCUT2D eigenvalue weighted by molar-refractivity contribution is 7.89. The average molecular weight is 503 g/mol. The van der Waals surface area contributed by atoms with E-state index in [0.29, 0.717) is 22.0 Å². The largest absolute Gasteiger partial charge is 0.496 e. The number of esters is 1. The molecule has 1 amide bonds. The molecule has 3 rings (SSSR count). The first-order chi connectivity index (χ1) is 16.2. The molecule has 0 atom stereocenters. The van der Waals surface area contributed by atoms with Crippen LogP contribution in [0.25, 0.3) is 0 Å². The van der Waals surface area contributed by atoms with Crippen molar-refractivity contribution in [1.82, 2.24) is 4.31 Å². The Balaban J connectivity index is 1.87. The maximum Gasteiger partial charge on any atom is 0.339 e. The van der Waals surface area contributed by atoms with Gasteiger partial charge in [-0.05, 0) is 54.6 Å². The van der Waals surface area contributed by atoms with E-state index in [1.807, 2.05) is 0 Å². The lowest BCUT2D eigenvalue weighted by molar-refractivity contribution is 0.0602. The molecule has 0 aliphatic carbocycles. The third kappa shape index (κ3) is 5.56. The summed E-state index contributed by atoms with van der Waals surface area (Å²) in [5, 5.41) is 3.12. The van der Waals surface area contributed by atoms with Gasteiger partial charge in [0, 0.05) is 29.7 Å². The number of amides is 1. The number of carbonyl (C=O) groups excluding carboxylic acids is 2. The number of rotatable bonds is 8. The van der Waals surface area contributed by atoms with E-state index in [2.05, 4.69) is 5.32 Å². The first-order valence-electron chi connectivity index (χ1n) is 10.0. The molecule has 1 N–H and O–H groups in total. The van der Waals surface area contributed by atoms with Gasteiger partial charge in [-0.25, -0.2) is 13.2 Å². The van der Waals surface area contributed by atoms with E-state index in [1.54, 1.807) is 36.4 Å². The fourth-order valence-corrected chi connectivity index (χ4v) is 4.50. The van der Waals surface area contributed by atoms with Crippen molar-refractivity contribution in [3.63, 3.8) is 0 Å². The van der Waals surface area contributed by atoms with Gasteiger partial charge >= 0.3 is 5.97 Å². The number of para-hydroxylation sites is 1. The molecular weight excluding hydrogens is 480 g/mol. The minimum Gasteiger partial charge on any atom is -0.496 e. The van der Waals surface area contributed by atoms with Crippen molar-refractivity contribution >= 4 is 39.2 Å². The van der Waals surface area contributed by atoms with Crippen LogP contribution < -0.4 is 10.1 Å². The Kier molecular flexibility index (Phi) is 7.93. The number of anilines is 1. The smallest absolute Gasteiger partial charge is 0.339 e. The number of sulfonamides is 1. The molecule has 0 aliphatic heterocycles. The molecule has 0 fully saturated rings. The molecule has 0 aromatic heterocycles. The van der Waals surface area contributed by atoms with Crippen LogP contribution >= 0.6 is 11.6 Å². The van der Waals surface area contributed by atoms with Crippen molar-refractivity contribution in [3.8, 4) is 5.75 Å². The van der Waals surface area contributed by atoms with Crippen LogP contribution in [0.3, 0.4) is 0 Å². The van der Waals surface area contributed by atoms with Crippen LogP contribution in [0.1, 0.15) is 26.3 Å². The zero-order valence-electron chi connectivity index (χ0n) is 18.7. The predicted octanol–water partition coefficient (Wildman–Crippen LogP) is 4.21. The SMILES string of the molecule is COC(=O)c1ccccc1NC(=O)c1ccc(OC)c(CN(C)S(=O)(=O)c2ccc(Cl)cc2)c1. The molecule has 0 bridgehead atoms. The summed E-state index contributed by atoms with van der Waals surface area (Å²) in [5.41, 5.74) is 1.24. The molecule has 0 saturated heterocycles. The summed E-state index contributed by atoms with van der Waals surface area (Å²) in [5.74, 6) is -0.645. The highest BCUT2D eigenvalue weighted by Crippen LogP contribution is 2.26. The van der Waals surface area contributed by atoms with Gasteiger partial charge in [0.05, 0.1) is 30.4 Å². The molecule has 0 radical (unpaired) electrons. The monoisotopic (exact) mass is 502 g/mol. The number of halogens is 1. The van der Waals surface area contributed by atoms with Crippen LogP contribution in [0.4, 0.5) is 5.69 Å². The molecular formula is C24H23ClN2O6S. The van der Waals surface area contributed by atoms with Gasteiger partial charge in [-0.1, -0.05) is 23.7 Å². The molecule has 0 unspecified atom stereocenters. The van der Waals surface area contributed by atoms with Gasteiger partial charge in [0.25, 0.3) is 5.91 Å². The Hall–Kier alpha value is -3.40. The summed E-state index contributed by atoms with van der Waals surface area (Å²) in [6.45, 7) is -0.0476. The van der Waals surface area contributed by atoms with Gasteiger partial charge in [0.1, 0.15) is 5.75 Å². The van der Waals surface area contributed by atoms with Crippen molar-refractivity contribution in [2.24, 2.45) is 0 Å². The molecule has 8 nitrogen and oxygen atoms in total. The van der Waals surface area contributed by atoms with E-state index >= 15 is 0 Å². The summed E-state index contributed by atoms with van der Waals surface area (Å²) < 4.78 is 37.2.